The molecule has 6 nitrogen and oxygen atoms in total. The molecule has 0 saturated heterocycles. The average Bonchev–Trinajstić information content (AvgIpc) is 2.27. The van der Waals surface area contributed by atoms with Crippen LogP contribution in [0.5, 0.6) is 0 Å². The number of non-ortho nitro benzene ring substituents is 1. The predicted molar refractivity (Wildman–Crippen MR) is 71.7 cm³/mol. The van der Waals surface area contributed by atoms with Crippen molar-refractivity contribution < 1.29 is 9.66 Å². The maximum Gasteiger partial charge on any atom is 0.273 e. The zero-order valence-electron chi connectivity index (χ0n) is 10.7. The first kappa shape index (κ1) is 14.2. The third kappa shape index (κ3) is 5.01. The first-order valence-electron chi connectivity index (χ1n) is 5.85. The van der Waals surface area contributed by atoms with Crippen molar-refractivity contribution in [1.29, 1.82) is 0 Å². The minimum atomic E-state index is -0.462. The number of nitro groups is 1. The molecule has 1 rings (SSSR count). The average molecular weight is 253 g/mol. The molecule has 3 N–H and O–H groups in total. The summed E-state index contributed by atoms with van der Waals surface area (Å²) in [5.41, 5.74) is 6.58. The van der Waals surface area contributed by atoms with Gasteiger partial charge in [-0.05, 0) is 12.0 Å². The molecule has 0 saturated carbocycles. The Morgan fingerprint density at radius 2 is 2.17 bits per heavy atom. The Morgan fingerprint density at radius 3 is 2.78 bits per heavy atom. The highest BCUT2D eigenvalue weighted by Crippen LogP contribution is 2.21. The Labute approximate surface area is 106 Å². The first-order chi connectivity index (χ1) is 8.49. The fourth-order valence-corrected chi connectivity index (χ4v) is 1.43. The topological polar surface area (TPSA) is 90.4 Å². The smallest absolute Gasteiger partial charge is 0.273 e. The first-order valence-corrected chi connectivity index (χ1v) is 5.85. The summed E-state index contributed by atoms with van der Waals surface area (Å²) in [4.78, 5) is 10.2. The Morgan fingerprint density at radius 1 is 1.44 bits per heavy atom. The second-order valence-electron chi connectivity index (χ2n) is 4.47. The fourth-order valence-electron chi connectivity index (χ4n) is 1.43. The molecule has 0 spiro atoms. The van der Waals surface area contributed by atoms with Crippen LogP contribution in [0.1, 0.15) is 13.8 Å². The van der Waals surface area contributed by atoms with Crippen molar-refractivity contribution in [3.05, 3.63) is 28.3 Å². The SMILES string of the molecule is CC(C)COCCNc1cc(N)cc([N+](=O)[O-])c1. The molecule has 1 aromatic carbocycles. The molecule has 0 aliphatic rings. The molecule has 0 bridgehead atoms. The zero-order chi connectivity index (χ0) is 13.5. The van der Waals surface area contributed by atoms with Gasteiger partial charge >= 0.3 is 0 Å². The second-order valence-corrected chi connectivity index (χ2v) is 4.47. The van der Waals surface area contributed by atoms with Crippen LogP contribution in [0.2, 0.25) is 0 Å². The Bertz CT molecular complexity index is 408. The van der Waals surface area contributed by atoms with Gasteiger partial charge in [0.2, 0.25) is 0 Å². The summed E-state index contributed by atoms with van der Waals surface area (Å²) in [5.74, 6) is 0.499. The zero-order valence-corrected chi connectivity index (χ0v) is 10.7. The van der Waals surface area contributed by atoms with Crippen LogP contribution in [0.3, 0.4) is 0 Å². The summed E-state index contributed by atoms with van der Waals surface area (Å²) < 4.78 is 5.40. The number of nitrogens with zero attached hydrogens (tertiary/aromatic N) is 1. The van der Waals surface area contributed by atoms with Gasteiger partial charge in [0.1, 0.15) is 0 Å². The van der Waals surface area contributed by atoms with Gasteiger partial charge in [-0.3, -0.25) is 10.1 Å². The number of ether oxygens (including phenoxy) is 1. The number of nitrogens with one attached hydrogen (secondary N) is 1. The number of nitrogens with two attached hydrogens (primary N) is 1. The molecule has 6 heteroatoms. The predicted octanol–water partition coefficient (Wildman–Crippen LogP) is 2.26. The molecule has 0 fully saturated rings. The van der Waals surface area contributed by atoms with Crippen LogP contribution < -0.4 is 11.1 Å². The Hall–Kier alpha value is -1.82. The van der Waals surface area contributed by atoms with E-state index in [2.05, 4.69) is 19.2 Å². The standard InChI is InChI=1S/C12H19N3O3/c1-9(2)8-18-4-3-14-11-5-10(13)6-12(7-11)15(16)17/h5-7,9,14H,3-4,8,13H2,1-2H3. The minimum Gasteiger partial charge on any atom is -0.398 e. The third-order valence-electron chi connectivity index (χ3n) is 2.18. The molecular formula is C12H19N3O3. The number of nitrogen functional groups attached to an aromatic ring is 1. The van der Waals surface area contributed by atoms with Gasteiger partial charge in [-0.25, -0.2) is 0 Å². The van der Waals surface area contributed by atoms with E-state index in [1.54, 1.807) is 6.07 Å². The van der Waals surface area contributed by atoms with Gasteiger partial charge in [-0.2, -0.15) is 0 Å². The number of hydrogen-bond acceptors (Lipinski definition) is 5. The summed E-state index contributed by atoms with van der Waals surface area (Å²) in [6, 6.07) is 4.45. The summed E-state index contributed by atoms with van der Waals surface area (Å²) >= 11 is 0. The van der Waals surface area contributed by atoms with Crippen molar-refractivity contribution in [3.63, 3.8) is 0 Å². The molecule has 0 amide bonds. The van der Waals surface area contributed by atoms with E-state index < -0.39 is 4.92 Å². The van der Waals surface area contributed by atoms with Gasteiger partial charge in [0, 0.05) is 36.7 Å². The maximum absolute atomic E-state index is 10.7. The van der Waals surface area contributed by atoms with Crippen LogP contribution >= 0.6 is 0 Å². The molecule has 0 aromatic heterocycles. The van der Waals surface area contributed by atoms with E-state index in [-0.39, 0.29) is 5.69 Å². The maximum atomic E-state index is 10.7. The van der Waals surface area contributed by atoms with E-state index in [9.17, 15) is 10.1 Å². The molecule has 0 radical (unpaired) electrons. The fraction of sp³-hybridized carbons (Fsp3) is 0.500. The lowest BCUT2D eigenvalue weighted by molar-refractivity contribution is -0.384. The van der Waals surface area contributed by atoms with Crippen molar-refractivity contribution in [1.82, 2.24) is 0 Å². The summed E-state index contributed by atoms with van der Waals surface area (Å²) in [6.07, 6.45) is 0. The van der Waals surface area contributed by atoms with Gasteiger partial charge in [-0.15, -0.1) is 0 Å². The monoisotopic (exact) mass is 253 g/mol. The van der Waals surface area contributed by atoms with Crippen LogP contribution in [0.15, 0.2) is 18.2 Å². The van der Waals surface area contributed by atoms with E-state index in [1.165, 1.54) is 12.1 Å². The highest BCUT2D eigenvalue weighted by atomic mass is 16.6. The summed E-state index contributed by atoms with van der Waals surface area (Å²) in [6.45, 7) is 6.01. The van der Waals surface area contributed by atoms with Crippen molar-refractivity contribution in [3.8, 4) is 0 Å². The van der Waals surface area contributed by atoms with Gasteiger partial charge in [0.05, 0.1) is 11.5 Å². The van der Waals surface area contributed by atoms with Crippen LogP contribution in [0.4, 0.5) is 17.1 Å². The lowest BCUT2D eigenvalue weighted by atomic mass is 10.2. The number of nitro benzene ring substituents is 1. The third-order valence-corrected chi connectivity index (χ3v) is 2.18. The normalized spacial score (nSPS) is 10.6. The molecule has 0 unspecified atom stereocenters. The lowest BCUT2D eigenvalue weighted by Gasteiger charge is -2.09. The van der Waals surface area contributed by atoms with Gasteiger partial charge < -0.3 is 15.8 Å². The molecule has 100 valence electrons. The lowest BCUT2D eigenvalue weighted by Crippen LogP contribution is -2.12. The van der Waals surface area contributed by atoms with Gasteiger partial charge in [0.25, 0.3) is 5.69 Å². The highest BCUT2D eigenvalue weighted by molar-refractivity contribution is 5.61. The molecule has 18 heavy (non-hydrogen) atoms. The highest BCUT2D eigenvalue weighted by Gasteiger charge is 2.07. The van der Waals surface area contributed by atoms with Crippen LogP contribution in [-0.2, 0) is 4.74 Å². The Balaban J connectivity index is 2.44. The van der Waals surface area contributed by atoms with Crippen molar-refractivity contribution >= 4 is 17.1 Å². The minimum absolute atomic E-state index is 0.0133. The van der Waals surface area contributed by atoms with E-state index >= 15 is 0 Å². The Kier molecular flexibility index (Phi) is 5.38. The number of rotatable bonds is 7. The van der Waals surface area contributed by atoms with Gasteiger partial charge in [0.15, 0.2) is 0 Å². The van der Waals surface area contributed by atoms with Crippen LogP contribution in [0.25, 0.3) is 0 Å². The molecule has 0 heterocycles. The van der Waals surface area contributed by atoms with E-state index in [4.69, 9.17) is 10.5 Å². The van der Waals surface area contributed by atoms with Crippen molar-refractivity contribution in [2.75, 3.05) is 30.8 Å². The summed E-state index contributed by atoms with van der Waals surface area (Å²) in [7, 11) is 0. The quantitative estimate of drug-likeness (QED) is 0.336. The molecule has 0 aliphatic carbocycles. The molecule has 0 atom stereocenters. The number of anilines is 2. The second kappa shape index (κ2) is 6.80. The molecule has 0 aliphatic heterocycles. The van der Waals surface area contributed by atoms with Crippen molar-refractivity contribution in [2.24, 2.45) is 5.92 Å². The van der Waals surface area contributed by atoms with Crippen LogP contribution in [-0.4, -0.2) is 24.7 Å². The van der Waals surface area contributed by atoms with E-state index in [0.29, 0.717) is 37.1 Å². The van der Waals surface area contributed by atoms with Gasteiger partial charge in [-0.1, -0.05) is 13.8 Å². The number of hydrogen-bond donors (Lipinski definition) is 2. The number of benzene rings is 1. The van der Waals surface area contributed by atoms with E-state index in [0.717, 1.165) is 0 Å². The summed E-state index contributed by atoms with van der Waals surface area (Å²) in [5, 5.41) is 13.7. The van der Waals surface area contributed by atoms with E-state index in [1.807, 2.05) is 0 Å². The van der Waals surface area contributed by atoms with Crippen LogP contribution in [0, 0.1) is 16.0 Å². The largest absolute Gasteiger partial charge is 0.398 e. The molecule has 1 aromatic rings. The molecular weight excluding hydrogens is 234 g/mol. The van der Waals surface area contributed by atoms with Crippen molar-refractivity contribution in [2.45, 2.75) is 13.8 Å².